The van der Waals surface area contributed by atoms with Gasteiger partial charge >= 0.3 is 0 Å². The van der Waals surface area contributed by atoms with Gasteiger partial charge in [0.15, 0.2) is 0 Å². The van der Waals surface area contributed by atoms with Crippen LogP contribution >= 0.6 is 11.6 Å². The fraction of sp³-hybridized carbons (Fsp3) is 0.286. The third-order valence-corrected chi connectivity index (χ3v) is 3.17. The van der Waals surface area contributed by atoms with E-state index in [4.69, 9.17) is 17.3 Å². The number of aromatic nitrogens is 2. The number of hydrogen-bond acceptors (Lipinski definition) is 4. The lowest BCUT2D eigenvalue weighted by Gasteiger charge is -2.18. The summed E-state index contributed by atoms with van der Waals surface area (Å²) in [4.78, 5) is 8.37. The number of nitrogens with two attached hydrogens (primary N) is 1. The van der Waals surface area contributed by atoms with Crippen molar-refractivity contribution in [2.75, 3.05) is 12.3 Å². The van der Waals surface area contributed by atoms with Crippen molar-refractivity contribution >= 4 is 17.4 Å². The lowest BCUT2D eigenvalue weighted by Crippen LogP contribution is -2.24. The second-order valence-corrected chi connectivity index (χ2v) is 4.68. The summed E-state index contributed by atoms with van der Waals surface area (Å²) >= 11 is 6.21. The van der Waals surface area contributed by atoms with E-state index in [0.29, 0.717) is 10.8 Å². The van der Waals surface area contributed by atoms with Gasteiger partial charge in [0.1, 0.15) is 5.82 Å². The molecule has 0 aromatic carbocycles. The molecule has 0 bridgehead atoms. The molecule has 4 nitrogen and oxygen atoms in total. The summed E-state index contributed by atoms with van der Waals surface area (Å²) in [6.07, 6.45) is 4.25. The number of hydrogen-bond donors (Lipinski definition) is 2. The maximum Gasteiger partial charge on any atom is 0.123 e. The van der Waals surface area contributed by atoms with Crippen LogP contribution in [0, 0.1) is 0 Å². The normalized spacial score (nSPS) is 12.3. The number of anilines is 1. The molecular weight excluding hydrogens is 260 g/mol. The van der Waals surface area contributed by atoms with Gasteiger partial charge in [-0.05, 0) is 42.8 Å². The van der Waals surface area contributed by atoms with E-state index in [1.807, 2.05) is 24.3 Å². The van der Waals surface area contributed by atoms with Gasteiger partial charge in [0.25, 0.3) is 0 Å². The third kappa shape index (κ3) is 3.66. The van der Waals surface area contributed by atoms with E-state index in [0.717, 1.165) is 24.2 Å². The summed E-state index contributed by atoms with van der Waals surface area (Å²) in [5, 5.41) is 4.08. The molecule has 0 aliphatic carbocycles. The number of nitrogens with zero attached hydrogens (tertiary/aromatic N) is 2. The van der Waals surface area contributed by atoms with Crippen molar-refractivity contribution in [3.8, 4) is 0 Å². The van der Waals surface area contributed by atoms with Gasteiger partial charge in [-0.15, -0.1) is 0 Å². The maximum absolute atomic E-state index is 6.21. The van der Waals surface area contributed by atoms with Gasteiger partial charge in [-0.2, -0.15) is 0 Å². The van der Waals surface area contributed by atoms with Gasteiger partial charge < -0.3 is 11.1 Å². The molecule has 5 heteroatoms. The minimum Gasteiger partial charge on any atom is -0.384 e. The van der Waals surface area contributed by atoms with Gasteiger partial charge in [0, 0.05) is 12.4 Å². The van der Waals surface area contributed by atoms with Crippen molar-refractivity contribution in [1.82, 2.24) is 15.3 Å². The summed E-state index contributed by atoms with van der Waals surface area (Å²) in [5.74, 6) is 0.528. The standard InChI is InChI=1S/C14H17ClN4/c1-2-17-12(14-11(15)4-3-6-19-14)8-10-5-7-18-13(16)9-10/h3-7,9,12,17H,2,8H2,1H3,(H2,16,18). The lowest BCUT2D eigenvalue weighted by atomic mass is 10.0. The molecule has 1 unspecified atom stereocenters. The zero-order valence-electron chi connectivity index (χ0n) is 10.8. The first-order valence-corrected chi connectivity index (χ1v) is 6.62. The van der Waals surface area contributed by atoms with Crippen molar-refractivity contribution in [1.29, 1.82) is 0 Å². The summed E-state index contributed by atoms with van der Waals surface area (Å²) in [7, 11) is 0. The number of likely N-dealkylation sites (N-methyl/N-ethyl adjacent to an activating group) is 1. The summed E-state index contributed by atoms with van der Waals surface area (Å²) in [6, 6.07) is 7.59. The molecule has 2 aromatic heterocycles. The average Bonchev–Trinajstić information content (AvgIpc) is 2.39. The van der Waals surface area contributed by atoms with Crippen LogP contribution in [0.5, 0.6) is 0 Å². The van der Waals surface area contributed by atoms with E-state index >= 15 is 0 Å². The highest BCUT2D eigenvalue weighted by Gasteiger charge is 2.15. The van der Waals surface area contributed by atoms with E-state index in [-0.39, 0.29) is 6.04 Å². The Morgan fingerprint density at radius 1 is 1.32 bits per heavy atom. The Balaban J connectivity index is 2.24. The molecule has 0 saturated heterocycles. The molecule has 100 valence electrons. The van der Waals surface area contributed by atoms with Crippen molar-refractivity contribution in [2.45, 2.75) is 19.4 Å². The predicted octanol–water partition coefficient (Wildman–Crippen LogP) is 2.61. The SMILES string of the molecule is CCNC(Cc1ccnc(N)c1)c1ncccc1Cl. The Labute approximate surface area is 118 Å². The smallest absolute Gasteiger partial charge is 0.123 e. The van der Waals surface area contributed by atoms with E-state index < -0.39 is 0 Å². The Hall–Kier alpha value is -1.65. The molecule has 19 heavy (non-hydrogen) atoms. The first-order valence-electron chi connectivity index (χ1n) is 6.25. The number of nitrogens with one attached hydrogen (secondary N) is 1. The number of nitrogen functional groups attached to an aromatic ring is 1. The molecule has 1 atom stereocenters. The topological polar surface area (TPSA) is 63.8 Å². The van der Waals surface area contributed by atoms with E-state index in [9.17, 15) is 0 Å². The molecule has 2 aromatic rings. The van der Waals surface area contributed by atoms with Crippen LogP contribution in [0.3, 0.4) is 0 Å². The van der Waals surface area contributed by atoms with Gasteiger partial charge in [-0.1, -0.05) is 18.5 Å². The zero-order valence-corrected chi connectivity index (χ0v) is 11.6. The highest BCUT2D eigenvalue weighted by atomic mass is 35.5. The fourth-order valence-electron chi connectivity index (χ4n) is 2.02. The highest BCUT2D eigenvalue weighted by molar-refractivity contribution is 6.31. The number of halogens is 1. The Bertz CT molecular complexity index is 544. The molecule has 2 rings (SSSR count). The van der Waals surface area contributed by atoms with Crippen LogP contribution in [0.15, 0.2) is 36.7 Å². The minimum atomic E-state index is 0.0699. The van der Waals surface area contributed by atoms with Crippen molar-refractivity contribution < 1.29 is 0 Å². The molecule has 0 radical (unpaired) electrons. The number of pyridine rings is 2. The molecule has 0 saturated carbocycles. The van der Waals surface area contributed by atoms with Crippen molar-refractivity contribution in [3.05, 3.63) is 52.9 Å². The van der Waals surface area contributed by atoms with Crippen LogP contribution in [-0.2, 0) is 6.42 Å². The summed E-state index contributed by atoms with van der Waals surface area (Å²) in [6.45, 7) is 2.91. The van der Waals surface area contributed by atoms with Gasteiger partial charge in [0.05, 0.1) is 16.8 Å². The van der Waals surface area contributed by atoms with Crippen LogP contribution in [0.2, 0.25) is 5.02 Å². The van der Waals surface area contributed by atoms with E-state index in [1.54, 1.807) is 12.4 Å². The third-order valence-electron chi connectivity index (χ3n) is 2.85. The Morgan fingerprint density at radius 3 is 2.84 bits per heavy atom. The van der Waals surface area contributed by atoms with Crippen LogP contribution < -0.4 is 11.1 Å². The van der Waals surface area contributed by atoms with E-state index in [1.165, 1.54) is 0 Å². The fourth-order valence-corrected chi connectivity index (χ4v) is 2.28. The second-order valence-electron chi connectivity index (χ2n) is 4.27. The van der Waals surface area contributed by atoms with E-state index in [2.05, 4.69) is 22.2 Å². The molecule has 2 heterocycles. The first-order chi connectivity index (χ1) is 9.20. The molecule has 0 aliphatic rings. The molecule has 0 aliphatic heterocycles. The van der Waals surface area contributed by atoms with Crippen molar-refractivity contribution in [2.24, 2.45) is 0 Å². The average molecular weight is 277 g/mol. The molecule has 3 N–H and O–H groups in total. The molecule has 0 amide bonds. The molecular formula is C14H17ClN4. The Morgan fingerprint density at radius 2 is 2.16 bits per heavy atom. The summed E-state index contributed by atoms with van der Waals surface area (Å²) < 4.78 is 0. The maximum atomic E-state index is 6.21. The minimum absolute atomic E-state index is 0.0699. The van der Waals surface area contributed by atoms with Gasteiger partial charge in [-0.3, -0.25) is 4.98 Å². The lowest BCUT2D eigenvalue weighted by molar-refractivity contribution is 0.537. The zero-order chi connectivity index (χ0) is 13.7. The second kappa shape index (κ2) is 6.50. The van der Waals surface area contributed by atoms with Crippen LogP contribution in [0.4, 0.5) is 5.82 Å². The van der Waals surface area contributed by atoms with Gasteiger partial charge in [0.2, 0.25) is 0 Å². The quantitative estimate of drug-likeness (QED) is 0.881. The molecule has 0 fully saturated rings. The highest BCUT2D eigenvalue weighted by Crippen LogP contribution is 2.23. The molecule has 0 spiro atoms. The Kier molecular flexibility index (Phi) is 4.71. The monoisotopic (exact) mass is 276 g/mol. The summed E-state index contributed by atoms with van der Waals surface area (Å²) in [5.41, 5.74) is 7.68. The van der Waals surface area contributed by atoms with Crippen LogP contribution in [0.1, 0.15) is 24.2 Å². The van der Waals surface area contributed by atoms with Crippen LogP contribution in [0.25, 0.3) is 0 Å². The first kappa shape index (κ1) is 13.8. The predicted molar refractivity (Wildman–Crippen MR) is 78.0 cm³/mol. The van der Waals surface area contributed by atoms with Crippen LogP contribution in [-0.4, -0.2) is 16.5 Å². The number of rotatable bonds is 5. The van der Waals surface area contributed by atoms with Gasteiger partial charge in [-0.25, -0.2) is 4.98 Å². The largest absolute Gasteiger partial charge is 0.384 e. The van der Waals surface area contributed by atoms with Crippen molar-refractivity contribution in [3.63, 3.8) is 0 Å².